The molecule has 0 aliphatic carbocycles. The highest BCUT2D eigenvalue weighted by atomic mass is 32.2. The maximum Gasteiger partial charge on any atom is 0.213 e. The van der Waals surface area contributed by atoms with E-state index in [1.165, 1.54) is 0 Å². The van der Waals surface area contributed by atoms with Crippen molar-refractivity contribution >= 4 is 10.0 Å². The van der Waals surface area contributed by atoms with Crippen LogP contribution in [0.1, 0.15) is 32.3 Å². The number of nitrogens with one attached hydrogen (secondary N) is 1. The average molecular weight is 356 g/mol. The van der Waals surface area contributed by atoms with E-state index in [0.717, 1.165) is 36.4 Å². The third-order valence-corrected chi connectivity index (χ3v) is 6.22. The molecule has 0 unspecified atom stereocenters. The summed E-state index contributed by atoms with van der Waals surface area (Å²) >= 11 is 0. The molecule has 0 radical (unpaired) electrons. The standard InChI is InChI=1S/C17H28N2O4S/c1-4-23-17-12-14(6-7-16(17)22-3)13-18-15-8-10-19(11-9-15)24(20,21)5-2/h6-7,12,15,18H,4-5,8-11,13H2,1-3H3. The quantitative estimate of drug-likeness (QED) is 0.772. The molecule has 136 valence electrons. The average Bonchev–Trinajstić information content (AvgIpc) is 2.61. The number of sulfonamides is 1. The molecular weight excluding hydrogens is 328 g/mol. The largest absolute Gasteiger partial charge is 0.493 e. The van der Waals surface area contributed by atoms with Crippen LogP contribution in [-0.2, 0) is 16.6 Å². The van der Waals surface area contributed by atoms with E-state index >= 15 is 0 Å². The minimum absolute atomic E-state index is 0.178. The second kappa shape index (κ2) is 8.69. The number of hydrogen-bond donors (Lipinski definition) is 1. The third kappa shape index (κ3) is 4.84. The molecule has 2 rings (SSSR count). The Bertz CT molecular complexity index is 625. The van der Waals surface area contributed by atoms with Gasteiger partial charge in [-0.15, -0.1) is 0 Å². The minimum Gasteiger partial charge on any atom is -0.493 e. The molecule has 1 aliphatic rings. The molecule has 0 aromatic heterocycles. The van der Waals surface area contributed by atoms with Crippen LogP contribution in [0.4, 0.5) is 0 Å². The lowest BCUT2D eigenvalue weighted by Crippen LogP contribution is -2.45. The van der Waals surface area contributed by atoms with E-state index in [9.17, 15) is 8.42 Å². The maximum absolute atomic E-state index is 11.9. The molecule has 0 amide bonds. The second-order valence-corrected chi connectivity index (χ2v) is 8.13. The van der Waals surface area contributed by atoms with Crippen molar-refractivity contribution in [1.82, 2.24) is 9.62 Å². The predicted molar refractivity (Wildman–Crippen MR) is 95.1 cm³/mol. The van der Waals surface area contributed by atoms with Crippen LogP contribution in [0, 0.1) is 0 Å². The highest BCUT2D eigenvalue weighted by Crippen LogP contribution is 2.28. The Morgan fingerprint density at radius 2 is 1.92 bits per heavy atom. The summed E-state index contributed by atoms with van der Waals surface area (Å²) in [5.74, 6) is 1.67. The zero-order valence-corrected chi connectivity index (χ0v) is 15.6. The van der Waals surface area contributed by atoms with Crippen molar-refractivity contribution in [1.29, 1.82) is 0 Å². The van der Waals surface area contributed by atoms with Crippen LogP contribution in [-0.4, -0.2) is 51.3 Å². The van der Waals surface area contributed by atoms with Gasteiger partial charge >= 0.3 is 0 Å². The Balaban J connectivity index is 1.87. The molecule has 1 saturated heterocycles. The van der Waals surface area contributed by atoms with E-state index in [1.54, 1.807) is 18.3 Å². The fourth-order valence-electron chi connectivity index (χ4n) is 2.88. The summed E-state index contributed by atoms with van der Waals surface area (Å²) in [5, 5.41) is 3.52. The Morgan fingerprint density at radius 1 is 1.21 bits per heavy atom. The molecule has 1 aromatic carbocycles. The van der Waals surface area contributed by atoms with Gasteiger partial charge in [-0.25, -0.2) is 12.7 Å². The molecule has 0 spiro atoms. The molecule has 1 heterocycles. The first kappa shape index (κ1) is 19.0. The predicted octanol–water partition coefficient (Wildman–Crippen LogP) is 2.00. The first-order valence-corrected chi connectivity index (χ1v) is 10.1. The topological polar surface area (TPSA) is 67.9 Å². The van der Waals surface area contributed by atoms with Crippen LogP contribution in [0.25, 0.3) is 0 Å². The Kier molecular flexibility index (Phi) is 6.89. The Morgan fingerprint density at radius 3 is 2.50 bits per heavy atom. The van der Waals surface area contributed by atoms with Crippen LogP contribution in [0.5, 0.6) is 11.5 Å². The maximum atomic E-state index is 11.9. The zero-order valence-electron chi connectivity index (χ0n) is 14.7. The van der Waals surface area contributed by atoms with Crippen LogP contribution in [0.2, 0.25) is 0 Å². The molecule has 0 atom stereocenters. The fourth-order valence-corrected chi connectivity index (χ4v) is 4.01. The van der Waals surface area contributed by atoms with Gasteiger partial charge < -0.3 is 14.8 Å². The van der Waals surface area contributed by atoms with Gasteiger partial charge in [-0.2, -0.15) is 0 Å². The van der Waals surface area contributed by atoms with Gasteiger partial charge in [0.15, 0.2) is 11.5 Å². The van der Waals surface area contributed by atoms with Crippen molar-refractivity contribution in [2.24, 2.45) is 0 Å². The van der Waals surface area contributed by atoms with Gasteiger partial charge in [0.2, 0.25) is 10.0 Å². The molecule has 7 heteroatoms. The number of hydrogen-bond acceptors (Lipinski definition) is 5. The summed E-state index contributed by atoms with van der Waals surface area (Å²) in [5.41, 5.74) is 1.13. The molecule has 1 fully saturated rings. The van der Waals surface area contributed by atoms with Gasteiger partial charge in [0.1, 0.15) is 0 Å². The normalized spacial score (nSPS) is 17.0. The van der Waals surface area contributed by atoms with Crippen LogP contribution in [0.3, 0.4) is 0 Å². The monoisotopic (exact) mass is 356 g/mol. The van der Waals surface area contributed by atoms with E-state index in [2.05, 4.69) is 5.32 Å². The molecule has 24 heavy (non-hydrogen) atoms. The Hall–Kier alpha value is -1.31. The highest BCUT2D eigenvalue weighted by molar-refractivity contribution is 7.89. The SMILES string of the molecule is CCOc1cc(CNC2CCN(S(=O)(=O)CC)CC2)ccc1OC. The van der Waals surface area contributed by atoms with Crippen molar-refractivity contribution < 1.29 is 17.9 Å². The molecule has 1 N–H and O–H groups in total. The Labute approximate surface area is 145 Å². The molecule has 1 aromatic rings. The minimum atomic E-state index is -3.06. The van der Waals surface area contributed by atoms with Crippen LogP contribution >= 0.6 is 0 Å². The van der Waals surface area contributed by atoms with E-state index in [0.29, 0.717) is 25.7 Å². The van der Waals surface area contributed by atoms with Crippen molar-refractivity contribution in [2.45, 2.75) is 39.3 Å². The summed E-state index contributed by atoms with van der Waals surface area (Å²) in [6.07, 6.45) is 1.68. The van der Waals surface area contributed by atoms with Crippen LogP contribution in [0.15, 0.2) is 18.2 Å². The number of rotatable bonds is 8. The lowest BCUT2D eigenvalue weighted by Gasteiger charge is -2.31. The van der Waals surface area contributed by atoms with Crippen molar-refractivity contribution in [3.63, 3.8) is 0 Å². The number of piperidine rings is 1. The van der Waals surface area contributed by atoms with E-state index in [1.807, 2.05) is 25.1 Å². The number of benzene rings is 1. The molecule has 0 saturated carbocycles. The lowest BCUT2D eigenvalue weighted by molar-refractivity contribution is 0.288. The third-order valence-electron chi connectivity index (χ3n) is 4.33. The zero-order chi connectivity index (χ0) is 17.6. The summed E-state index contributed by atoms with van der Waals surface area (Å²) < 4.78 is 36.3. The molecule has 0 bridgehead atoms. The van der Waals surface area contributed by atoms with Gasteiger partial charge in [-0.3, -0.25) is 0 Å². The number of nitrogens with zero attached hydrogens (tertiary/aromatic N) is 1. The van der Waals surface area contributed by atoms with Gasteiger partial charge in [0, 0.05) is 25.7 Å². The summed E-state index contributed by atoms with van der Waals surface area (Å²) in [7, 11) is -1.42. The lowest BCUT2D eigenvalue weighted by atomic mass is 10.1. The van der Waals surface area contributed by atoms with Crippen molar-refractivity contribution in [2.75, 3.05) is 32.6 Å². The first-order valence-electron chi connectivity index (χ1n) is 8.51. The molecule has 6 nitrogen and oxygen atoms in total. The fraction of sp³-hybridized carbons (Fsp3) is 0.647. The van der Waals surface area contributed by atoms with Gasteiger partial charge in [0.05, 0.1) is 19.5 Å². The summed E-state index contributed by atoms with van der Waals surface area (Å²) in [6, 6.07) is 6.26. The number of ether oxygens (including phenoxy) is 2. The number of methoxy groups -OCH3 is 1. The van der Waals surface area contributed by atoms with Gasteiger partial charge in [0.25, 0.3) is 0 Å². The summed E-state index contributed by atoms with van der Waals surface area (Å²) in [6.45, 7) is 6.16. The van der Waals surface area contributed by atoms with E-state index in [4.69, 9.17) is 9.47 Å². The van der Waals surface area contributed by atoms with E-state index in [-0.39, 0.29) is 5.75 Å². The van der Waals surface area contributed by atoms with Gasteiger partial charge in [-0.05, 0) is 44.4 Å². The van der Waals surface area contributed by atoms with E-state index < -0.39 is 10.0 Å². The summed E-state index contributed by atoms with van der Waals surface area (Å²) in [4.78, 5) is 0. The molecular formula is C17H28N2O4S. The molecule has 1 aliphatic heterocycles. The van der Waals surface area contributed by atoms with Crippen molar-refractivity contribution in [3.05, 3.63) is 23.8 Å². The second-order valence-electron chi connectivity index (χ2n) is 5.87. The van der Waals surface area contributed by atoms with Gasteiger partial charge in [-0.1, -0.05) is 6.07 Å². The first-order chi connectivity index (χ1) is 11.5. The smallest absolute Gasteiger partial charge is 0.213 e. The van der Waals surface area contributed by atoms with Crippen molar-refractivity contribution in [3.8, 4) is 11.5 Å². The highest BCUT2D eigenvalue weighted by Gasteiger charge is 2.26. The van der Waals surface area contributed by atoms with Crippen LogP contribution < -0.4 is 14.8 Å².